The molecule has 0 radical (unpaired) electrons. The Labute approximate surface area is 126 Å². The minimum Gasteiger partial charge on any atom is -0.399 e. The molecule has 0 unspecified atom stereocenters. The van der Waals surface area contributed by atoms with Crippen LogP contribution in [-0.4, -0.2) is 48.3 Å². The van der Waals surface area contributed by atoms with Crippen molar-refractivity contribution in [3.63, 3.8) is 0 Å². The van der Waals surface area contributed by atoms with E-state index in [1.54, 1.807) is 0 Å². The van der Waals surface area contributed by atoms with E-state index < -0.39 is 0 Å². The van der Waals surface area contributed by atoms with Gasteiger partial charge in [-0.05, 0) is 32.3 Å². The minimum atomic E-state index is 0.375. The Kier molecular flexibility index (Phi) is 5.20. The van der Waals surface area contributed by atoms with Crippen molar-refractivity contribution in [3.05, 3.63) is 24.0 Å². The van der Waals surface area contributed by atoms with Gasteiger partial charge in [0.1, 0.15) is 5.82 Å². The van der Waals surface area contributed by atoms with Crippen LogP contribution in [-0.2, 0) is 11.3 Å². The molecular formula is C16H26N4O. The highest BCUT2D eigenvalue weighted by atomic mass is 16.5. The molecule has 2 N–H and O–H groups in total. The Morgan fingerprint density at radius 2 is 2.05 bits per heavy atom. The maximum atomic E-state index is 5.85. The quantitative estimate of drug-likeness (QED) is 0.628. The predicted molar refractivity (Wildman–Crippen MR) is 87.6 cm³/mol. The van der Waals surface area contributed by atoms with Gasteiger partial charge in [0, 0.05) is 24.7 Å². The van der Waals surface area contributed by atoms with Gasteiger partial charge in [0.15, 0.2) is 0 Å². The molecule has 2 aromatic rings. The number of benzene rings is 1. The SMILES string of the molecule is CC(C)c1nc2cc(N)ccc2n1CCOCCN(C)C. The number of hydrogen-bond donors (Lipinski definition) is 1. The molecule has 0 spiro atoms. The van der Waals surface area contributed by atoms with E-state index in [0.717, 1.165) is 42.2 Å². The lowest BCUT2D eigenvalue weighted by molar-refractivity contribution is 0.111. The molecule has 0 aliphatic carbocycles. The number of ether oxygens (including phenoxy) is 1. The zero-order chi connectivity index (χ0) is 15.4. The molecule has 0 bridgehead atoms. The standard InChI is InChI=1S/C16H26N4O/c1-12(2)16-18-14-11-13(17)5-6-15(14)20(16)8-10-21-9-7-19(3)4/h5-6,11-12H,7-10,17H2,1-4H3. The molecular weight excluding hydrogens is 264 g/mol. The number of nitrogens with two attached hydrogens (primary N) is 1. The van der Waals surface area contributed by atoms with Gasteiger partial charge in [0.2, 0.25) is 0 Å². The van der Waals surface area contributed by atoms with Crippen LogP contribution in [0.4, 0.5) is 5.69 Å². The van der Waals surface area contributed by atoms with E-state index >= 15 is 0 Å². The third-order valence-corrected chi connectivity index (χ3v) is 3.46. The number of nitrogens with zero attached hydrogens (tertiary/aromatic N) is 3. The van der Waals surface area contributed by atoms with Crippen molar-refractivity contribution in [1.29, 1.82) is 0 Å². The number of aromatic nitrogens is 2. The van der Waals surface area contributed by atoms with Crippen LogP contribution in [0.3, 0.4) is 0 Å². The van der Waals surface area contributed by atoms with Gasteiger partial charge in [0.25, 0.3) is 0 Å². The van der Waals surface area contributed by atoms with Crippen molar-refractivity contribution in [2.45, 2.75) is 26.3 Å². The Balaban J connectivity index is 2.11. The number of anilines is 1. The topological polar surface area (TPSA) is 56.3 Å². The number of likely N-dealkylation sites (N-methyl/N-ethyl adjacent to an activating group) is 1. The second-order valence-electron chi connectivity index (χ2n) is 5.94. The van der Waals surface area contributed by atoms with Crippen molar-refractivity contribution in [2.75, 3.05) is 39.6 Å². The summed E-state index contributed by atoms with van der Waals surface area (Å²) in [6.45, 7) is 7.54. The Morgan fingerprint density at radius 3 is 2.71 bits per heavy atom. The van der Waals surface area contributed by atoms with Crippen molar-refractivity contribution >= 4 is 16.7 Å². The summed E-state index contributed by atoms with van der Waals surface area (Å²) in [6, 6.07) is 5.91. The van der Waals surface area contributed by atoms with Gasteiger partial charge in [-0.2, -0.15) is 0 Å². The molecule has 1 aromatic heterocycles. The first-order chi connectivity index (χ1) is 9.99. The van der Waals surface area contributed by atoms with Gasteiger partial charge < -0.3 is 19.9 Å². The zero-order valence-electron chi connectivity index (χ0n) is 13.5. The lowest BCUT2D eigenvalue weighted by Gasteiger charge is -2.13. The zero-order valence-corrected chi connectivity index (χ0v) is 13.5. The van der Waals surface area contributed by atoms with Crippen LogP contribution >= 0.6 is 0 Å². The van der Waals surface area contributed by atoms with E-state index in [9.17, 15) is 0 Å². The van der Waals surface area contributed by atoms with Crippen molar-refractivity contribution in [3.8, 4) is 0 Å². The summed E-state index contributed by atoms with van der Waals surface area (Å²) in [4.78, 5) is 6.84. The second-order valence-corrected chi connectivity index (χ2v) is 5.94. The molecule has 1 heterocycles. The molecule has 0 saturated carbocycles. The van der Waals surface area contributed by atoms with Crippen molar-refractivity contribution < 1.29 is 4.74 Å². The molecule has 0 atom stereocenters. The summed E-state index contributed by atoms with van der Waals surface area (Å²) >= 11 is 0. The summed E-state index contributed by atoms with van der Waals surface area (Å²) in [6.07, 6.45) is 0. The molecule has 1 aromatic carbocycles. The van der Waals surface area contributed by atoms with Gasteiger partial charge in [-0.15, -0.1) is 0 Å². The largest absolute Gasteiger partial charge is 0.399 e. The average molecular weight is 290 g/mol. The summed E-state index contributed by atoms with van der Waals surface area (Å²) in [7, 11) is 4.10. The van der Waals surface area contributed by atoms with Gasteiger partial charge in [-0.25, -0.2) is 4.98 Å². The number of rotatable bonds is 7. The van der Waals surface area contributed by atoms with Gasteiger partial charge in [0.05, 0.1) is 24.2 Å². The fourth-order valence-electron chi connectivity index (χ4n) is 2.35. The highest BCUT2D eigenvalue weighted by Gasteiger charge is 2.13. The van der Waals surface area contributed by atoms with E-state index in [2.05, 4.69) is 23.3 Å². The lowest BCUT2D eigenvalue weighted by atomic mass is 10.2. The second kappa shape index (κ2) is 6.91. The van der Waals surface area contributed by atoms with Crippen LogP contribution in [0.15, 0.2) is 18.2 Å². The predicted octanol–water partition coefficient (Wildman–Crippen LogP) is 2.32. The molecule has 21 heavy (non-hydrogen) atoms. The third-order valence-electron chi connectivity index (χ3n) is 3.46. The summed E-state index contributed by atoms with van der Waals surface area (Å²) in [5, 5.41) is 0. The van der Waals surface area contributed by atoms with Crippen LogP contribution in [0.25, 0.3) is 11.0 Å². The lowest BCUT2D eigenvalue weighted by Crippen LogP contribution is -2.19. The summed E-state index contributed by atoms with van der Waals surface area (Å²) in [5.41, 5.74) is 8.70. The molecule has 0 aliphatic rings. The molecule has 116 valence electrons. The molecule has 0 saturated heterocycles. The fraction of sp³-hybridized carbons (Fsp3) is 0.562. The van der Waals surface area contributed by atoms with Crippen molar-refractivity contribution in [2.24, 2.45) is 0 Å². The van der Waals surface area contributed by atoms with Gasteiger partial charge >= 0.3 is 0 Å². The molecule has 0 amide bonds. The van der Waals surface area contributed by atoms with E-state index in [-0.39, 0.29) is 0 Å². The maximum absolute atomic E-state index is 5.85. The normalized spacial score (nSPS) is 11.9. The van der Waals surface area contributed by atoms with E-state index in [4.69, 9.17) is 15.5 Å². The third kappa shape index (κ3) is 3.95. The Bertz CT molecular complexity index is 589. The highest BCUT2D eigenvalue weighted by Crippen LogP contribution is 2.23. The fourth-order valence-corrected chi connectivity index (χ4v) is 2.35. The van der Waals surface area contributed by atoms with Gasteiger partial charge in [-0.1, -0.05) is 13.8 Å². The number of nitrogen functional groups attached to an aromatic ring is 1. The number of hydrogen-bond acceptors (Lipinski definition) is 4. The molecule has 5 nitrogen and oxygen atoms in total. The van der Waals surface area contributed by atoms with Crippen LogP contribution < -0.4 is 5.73 Å². The minimum absolute atomic E-state index is 0.375. The van der Waals surface area contributed by atoms with E-state index in [1.165, 1.54) is 0 Å². The average Bonchev–Trinajstić information content (AvgIpc) is 2.76. The van der Waals surface area contributed by atoms with Crippen LogP contribution in [0.2, 0.25) is 0 Å². The molecule has 0 fully saturated rings. The van der Waals surface area contributed by atoms with E-state index in [0.29, 0.717) is 12.5 Å². The molecule has 2 rings (SSSR count). The first kappa shape index (κ1) is 15.8. The van der Waals surface area contributed by atoms with Crippen molar-refractivity contribution in [1.82, 2.24) is 14.5 Å². The number of imidazole rings is 1. The summed E-state index contributed by atoms with van der Waals surface area (Å²) in [5.74, 6) is 1.47. The first-order valence-corrected chi connectivity index (χ1v) is 7.47. The highest BCUT2D eigenvalue weighted by molar-refractivity contribution is 5.79. The maximum Gasteiger partial charge on any atom is 0.112 e. The Hall–Kier alpha value is -1.59. The first-order valence-electron chi connectivity index (χ1n) is 7.47. The molecule has 0 aliphatic heterocycles. The number of fused-ring (bicyclic) bond motifs is 1. The monoisotopic (exact) mass is 290 g/mol. The Morgan fingerprint density at radius 1 is 1.29 bits per heavy atom. The summed E-state index contributed by atoms with van der Waals surface area (Å²) < 4.78 is 7.96. The van der Waals surface area contributed by atoms with E-state index in [1.807, 2.05) is 32.3 Å². The molecule has 5 heteroatoms. The van der Waals surface area contributed by atoms with Crippen LogP contribution in [0.1, 0.15) is 25.6 Å². The van der Waals surface area contributed by atoms with Crippen LogP contribution in [0.5, 0.6) is 0 Å². The van der Waals surface area contributed by atoms with Crippen LogP contribution in [0, 0.1) is 0 Å². The smallest absolute Gasteiger partial charge is 0.112 e. The van der Waals surface area contributed by atoms with Gasteiger partial charge in [-0.3, -0.25) is 0 Å².